The zero-order chi connectivity index (χ0) is 9.97. The molecule has 0 aliphatic carbocycles. The van der Waals surface area contributed by atoms with Gasteiger partial charge in [0.05, 0.1) is 4.88 Å². The summed E-state index contributed by atoms with van der Waals surface area (Å²) in [6.45, 7) is 4.33. The highest BCUT2D eigenvalue weighted by molar-refractivity contribution is 7.58. The smallest absolute Gasteiger partial charge is 0.172 e. The van der Waals surface area contributed by atoms with Gasteiger partial charge in [-0.25, -0.2) is 0 Å². The predicted molar refractivity (Wildman–Crippen MR) is 59.2 cm³/mol. The zero-order valence-corrected chi connectivity index (χ0v) is 9.01. The Kier molecular flexibility index (Phi) is 2.60. The first kappa shape index (κ1) is 9.36. The molecule has 5 heteroatoms. The molecule has 0 aliphatic heterocycles. The number of nitrogens with zero attached hydrogens (tertiary/aromatic N) is 3. The number of rotatable bonds is 3. The highest BCUT2D eigenvalue weighted by Gasteiger charge is 2.07. The predicted octanol–water partition coefficient (Wildman–Crippen LogP) is 2.10. The van der Waals surface area contributed by atoms with E-state index in [9.17, 15) is 0 Å². The van der Waals surface area contributed by atoms with Gasteiger partial charge in [0.1, 0.15) is 0 Å². The fourth-order valence-corrected chi connectivity index (χ4v) is 2.09. The first-order chi connectivity index (χ1) is 6.83. The molecule has 0 spiro atoms. The quantitative estimate of drug-likeness (QED) is 0.588. The maximum absolute atomic E-state index is 5.06. The molecule has 0 atom stereocenters. The van der Waals surface area contributed by atoms with Gasteiger partial charge in [-0.15, -0.1) is 23.0 Å². The van der Waals surface area contributed by atoms with E-state index in [0.29, 0.717) is 11.7 Å². The second-order valence-electron chi connectivity index (χ2n) is 2.68. The molecule has 0 amide bonds. The van der Waals surface area contributed by atoms with Crippen molar-refractivity contribution >= 4 is 24.0 Å². The van der Waals surface area contributed by atoms with E-state index in [1.807, 2.05) is 22.1 Å². The molecule has 14 heavy (non-hydrogen) atoms. The van der Waals surface area contributed by atoms with Gasteiger partial charge in [0.25, 0.3) is 0 Å². The molecule has 0 radical (unpaired) electrons. The van der Waals surface area contributed by atoms with Crippen molar-refractivity contribution in [3.8, 4) is 10.7 Å². The number of hydrogen-bond donors (Lipinski definition) is 0. The minimum atomic E-state index is 0.508. The maximum Gasteiger partial charge on any atom is 0.172 e. The van der Waals surface area contributed by atoms with E-state index in [2.05, 4.69) is 16.8 Å². The van der Waals surface area contributed by atoms with Crippen molar-refractivity contribution in [1.29, 1.82) is 0 Å². The first-order valence-corrected chi connectivity index (χ1v) is 5.36. The number of allylic oxidation sites excluding steroid dienone is 1. The molecule has 0 unspecified atom stereocenters. The molecule has 0 fully saturated rings. The molecule has 2 aromatic rings. The van der Waals surface area contributed by atoms with Gasteiger partial charge in [0, 0.05) is 11.7 Å². The lowest BCUT2D eigenvalue weighted by Crippen LogP contribution is -1.99. The van der Waals surface area contributed by atoms with E-state index < -0.39 is 0 Å². The standard InChI is InChI=1S/C9H9N3S2/c1-2-5-12-8(10-11-9(12)13)7-4-3-6-14-7/h2-4,6H,1,5H2,(H,11,13)/p-1. The van der Waals surface area contributed by atoms with E-state index in [1.54, 1.807) is 17.4 Å². The molecular formula is C9H8N3S2-. The second-order valence-corrected chi connectivity index (χ2v) is 4.00. The molecule has 2 heterocycles. The largest absolute Gasteiger partial charge is 0.740 e. The average molecular weight is 222 g/mol. The van der Waals surface area contributed by atoms with Crippen LogP contribution in [0.15, 0.2) is 35.3 Å². The lowest BCUT2D eigenvalue weighted by Gasteiger charge is -2.08. The highest BCUT2D eigenvalue weighted by atomic mass is 32.1. The third-order valence-electron chi connectivity index (χ3n) is 1.77. The molecule has 72 valence electrons. The molecule has 3 nitrogen and oxygen atoms in total. The second kappa shape index (κ2) is 3.89. The van der Waals surface area contributed by atoms with Gasteiger partial charge < -0.3 is 17.2 Å². The van der Waals surface area contributed by atoms with Gasteiger partial charge in [-0.05, 0) is 11.4 Å². The zero-order valence-electron chi connectivity index (χ0n) is 7.38. The van der Waals surface area contributed by atoms with Crippen molar-refractivity contribution in [2.45, 2.75) is 11.7 Å². The summed E-state index contributed by atoms with van der Waals surface area (Å²) in [4.78, 5) is 1.08. The van der Waals surface area contributed by atoms with Crippen molar-refractivity contribution in [2.24, 2.45) is 0 Å². The minimum Gasteiger partial charge on any atom is -0.740 e. The first-order valence-electron chi connectivity index (χ1n) is 4.08. The Morgan fingerprint density at radius 2 is 2.43 bits per heavy atom. The summed E-state index contributed by atoms with van der Waals surface area (Å²) in [5.74, 6) is 0.824. The topological polar surface area (TPSA) is 30.7 Å². The van der Waals surface area contributed by atoms with Crippen LogP contribution in [-0.2, 0) is 19.2 Å². The molecule has 2 rings (SSSR count). The monoisotopic (exact) mass is 222 g/mol. The third kappa shape index (κ3) is 1.56. The Morgan fingerprint density at radius 3 is 3.07 bits per heavy atom. The molecule has 0 N–H and O–H groups in total. The van der Waals surface area contributed by atoms with E-state index in [4.69, 9.17) is 12.6 Å². The van der Waals surface area contributed by atoms with Crippen molar-refractivity contribution < 1.29 is 0 Å². The highest BCUT2D eigenvalue weighted by Crippen LogP contribution is 2.23. The maximum atomic E-state index is 5.06. The SMILES string of the molecule is C=CCn1c([S-])nnc1-c1cccs1. The molecule has 0 bridgehead atoms. The average Bonchev–Trinajstić information content (AvgIpc) is 2.77. The normalized spacial score (nSPS) is 10.3. The summed E-state index contributed by atoms with van der Waals surface area (Å²) in [7, 11) is 0. The summed E-state index contributed by atoms with van der Waals surface area (Å²) in [5, 5.41) is 10.4. The number of aromatic nitrogens is 3. The molecular weight excluding hydrogens is 214 g/mol. The van der Waals surface area contributed by atoms with Gasteiger partial charge in [-0.1, -0.05) is 12.1 Å². The van der Waals surface area contributed by atoms with Crippen molar-refractivity contribution in [3.05, 3.63) is 30.2 Å². The van der Waals surface area contributed by atoms with Gasteiger partial charge >= 0.3 is 0 Å². The Labute approximate surface area is 91.5 Å². The Morgan fingerprint density at radius 1 is 1.57 bits per heavy atom. The van der Waals surface area contributed by atoms with Gasteiger partial charge in [0.15, 0.2) is 5.82 Å². The van der Waals surface area contributed by atoms with Gasteiger partial charge in [-0.3, -0.25) is 0 Å². The Balaban J connectivity index is 2.48. The van der Waals surface area contributed by atoms with E-state index in [-0.39, 0.29) is 0 Å². The van der Waals surface area contributed by atoms with Crippen LogP contribution in [-0.4, -0.2) is 14.8 Å². The van der Waals surface area contributed by atoms with E-state index in [0.717, 1.165) is 10.7 Å². The number of thiophene rings is 1. The van der Waals surface area contributed by atoms with Crippen LogP contribution in [0.5, 0.6) is 0 Å². The third-order valence-corrected chi connectivity index (χ3v) is 2.94. The van der Waals surface area contributed by atoms with Crippen molar-refractivity contribution in [3.63, 3.8) is 0 Å². The summed E-state index contributed by atoms with van der Waals surface area (Å²) in [5.41, 5.74) is 0. The molecule has 0 saturated heterocycles. The fourth-order valence-electron chi connectivity index (χ4n) is 1.17. The van der Waals surface area contributed by atoms with Crippen LogP contribution in [0, 0.1) is 0 Å². The molecule has 0 aromatic carbocycles. The van der Waals surface area contributed by atoms with Crippen LogP contribution in [0.3, 0.4) is 0 Å². The van der Waals surface area contributed by atoms with Crippen LogP contribution >= 0.6 is 11.3 Å². The molecule has 0 saturated carbocycles. The van der Waals surface area contributed by atoms with Crippen LogP contribution < -0.4 is 0 Å². The summed E-state index contributed by atoms with van der Waals surface area (Å²) >= 11 is 6.68. The lowest BCUT2D eigenvalue weighted by atomic mass is 10.4. The molecule has 2 aromatic heterocycles. The summed E-state index contributed by atoms with van der Waals surface area (Å²) < 4.78 is 1.87. The number of hydrogen-bond acceptors (Lipinski definition) is 4. The Bertz CT molecular complexity index is 431. The van der Waals surface area contributed by atoms with Crippen LogP contribution in [0.2, 0.25) is 0 Å². The Hall–Kier alpha value is -1.20. The minimum absolute atomic E-state index is 0.508. The van der Waals surface area contributed by atoms with Crippen LogP contribution in [0.1, 0.15) is 0 Å². The fraction of sp³-hybridized carbons (Fsp3) is 0.111. The van der Waals surface area contributed by atoms with Gasteiger partial charge in [0.2, 0.25) is 0 Å². The van der Waals surface area contributed by atoms with Gasteiger partial charge in [-0.2, -0.15) is 5.10 Å². The van der Waals surface area contributed by atoms with Crippen molar-refractivity contribution in [2.75, 3.05) is 0 Å². The summed E-state index contributed by atoms with van der Waals surface area (Å²) in [6, 6.07) is 3.99. The van der Waals surface area contributed by atoms with Crippen LogP contribution in [0.25, 0.3) is 10.7 Å². The molecule has 0 aliphatic rings. The lowest BCUT2D eigenvalue weighted by molar-refractivity contribution is 0.734. The van der Waals surface area contributed by atoms with E-state index in [1.165, 1.54) is 0 Å². The summed E-state index contributed by atoms with van der Waals surface area (Å²) in [6.07, 6.45) is 1.79. The van der Waals surface area contributed by atoms with E-state index >= 15 is 0 Å². The van der Waals surface area contributed by atoms with Crippen molar-refractivity contribution in [1.82, 2.24) is 14.8 Å². The van der Waals surface area contributed by atoms with Crippen LogP contribution in [0.4, 0.5) is 0 Å².